The molecule has 1 saturated carbocycles. The zero-order chi connectivity index (χ0) is 14.4. The van der Waals surface area contributed by atoms with Crippen molar-refractivity contribution in [2.45, 2.75) is 52.0 Å². The third kappa shape index (κ3) is 3.95. The van der Waals surface area contributed by atoms with E-state index in [0.29, 0.717) is 23.9 Å². The van der Waals surface area contributed by atoms with Crippen LogP contribution in [0.4, 0.5) is 11.9 Å². The number of anilines is 2. The summed E-state index contributed by atoms with van der Waals surface area (Å²) in [6, 6.07) is 0.806. The topological polar surface area (TPSA) is 72.0 Å². The van der Waals surface area contributed by atoms with Crippen molar-refractivity contribution in [2.75, 3.05) is 24.3 Å². The highest BCUT2D eigenvalue weighted by molar-refractivity contribution is 5.36. The molecule has 1 aliphatic rings. The second-order valence-corrected chi connectivity index (χ2v) is 5.27. The van der Waals surface area contributed by atoms with Crippen LogP contribution in [0.1, 0.15) is 46.0 Å². The molecular weight excluding hydrogens is 254 g/mol. The van der Waals surface area contributed by atoms with Gasteiger partial charge in [-0.05, 0) is 38.5 Å². The summed E-state index contributed by atoms with van der Waals surface area (Å²) in [5.41, 5.74) is 0. The Balaban J connectivity index is 1.99. The highest BCUT2D eigenvalue weighted by atomic mass is 16.5. The highest BCUT2D eigenvalue weighted by Crippen LogP contribution is 2.28. The molecule has 6 heteroatoms. The summed E-state index contributed by atoms with van der Waals surface area (Å²) >= 11 is 0. The summed E-state index contributed by atoms with van der Waals surface area (Å²) in [7, 11) is 1.57. The van der Waals surface area contributed by atoms with Crippen molar-refractivity contribution in [3.05, 3.63) is 0 Å². The molecule has 1 heterocycles. The molecule has 0 bridgehead atoms. The van der Waals surface area contributed by atoms with Crippen molar-refractivity contribution < 1.29 is 4.74 Å². The third-order valence-corrected chi connectivity index (χ3v) is 3.89. The van der Waals surface area contributed by atoms with Gasteiger partial charge in [-0.25, -0.2) is 0 Å². The van der Waals surface area contributed by atoms with Crippen LogP contribution < -0.4 is 15.4 Å². The van der Waals surface area contributed by atoms with E-state index in [9.17, 15) is 0 Å². The van der Waals surface area contributed by atoms with Gasteiger partial charge in [0.25, 0.3) is 0 Å². The number of hydrogen-bond donors (Lipinski definition) is 2. The molecule has 0 atom stereocenters. The SMILES string of the molecule is CCNc1nc(NC2CCC(CC)CC2)nc(OC)n1. The first-order valence-electron chi connectivity index (χ1n) is 7.55. The van der Waals surface area contributed by atoms with Crippen molar-refractivity contribution in [3.8, 4) is 6.01 Å². The minimum atomic E-state index is 0.348. The van der Waals surface area contributed by atoms with Gasteiger partial charge in [0.15, 0.2) is 0 Å². The van der Waals surface area contributed by atoms with Crippen molar-refractivity contribution in [2.24, 2.45) is 5.92 Å². The molecule has 0 radical (unpaired) electrons. The van der Waals surface area contributed by atoms with E-state index < -0.39 is 0 Å². The summed E-state index contributed by atoms with van der Waals surface area (Å²) in [6.45, 7) is 5.06. The summed E-state index contributed by atoms with van der Waals surface area (Å²) in [5.74, 6) is 2.05. The Hall–Kier alpha value is -1.59. The minimum Gasteiger partial charge on any atom is -0.467 e. The Bertz CT molecular complexity index is 418. The molecule has 0 unspecified atom stereocenters. The number of methoxy groups -OCH3 is 1. The van der Waals surface area contributed by atoms with Gasteiger partial charge in [-0.3, -0.25) is 0 Å². The lowest BCUT2D eigenvalue weighted by Gasteiger charge is -2.28. The summed E-state index contributed by atoms with van der Waals surface area (Å²) < 4.78 is 5.12. The maximum Gasteiger partial charge on any atom is 0.322 e. The van der Waals surface area contributed by atoms with Crippen LogP contribution in [0.15, 0.2) is 0 Å². The predicted molar refractivity (Wildman–Crippen MR) is 80.2 cm³/mol. The van der Waals surface area contributed by atoms with Crippen LogP contribution in [0.25, 0.3) is 0 Å². The van der Waals surface area contributed by atoms with Gasteiger partial charge in [-0.1, -0.05) is 13.3 Å². The summed E-state index contributed by atoms with van der Waals surface area (Å²) in [6.07, 6.45) is 6.23. The summed E-state index contributed by atoms with van der Waals surface area (Å²) in [4.78, 5) is 12.8. The first-order valence-corrected chi connectivity index (χ1v) is 7.55. The smallest absolute Gasteiger partial charge is 0.322 e. The average molecular weight is 279 g/mol. The molecule has 0 spiro atoms. The van der Waals surface area contributed by atoms with Gasteiger partial charge in [0.1, 0.15) is 0 Å². The second kappa shape index (κ2) is 7.26. The standard InChI is InChI=1S/C14H25N5O/c1-4-10-6-8-11(9-7-10)16-13-17-12(15-5-2)18-14(19-13)20-3/h10-11H,4-9H2,1-3H3,(H2,15,16,17,18,19). The van der Waals surface area contributed by atoms with E-state index >= 15 is 0 Å². The van der Waals surface area contributed by atoms with Crippen molar-refractivity contribution in [3.63, 3.8) is 0 Å². The number of hydrogen-bond acceptors (Lipinski definition) is 6. The third-order valence-electron chi connectivity index (χ3n) is 3.89. The van der Waals surface area contributed by atoms with E-state index in [0.717, 1.165) is 12.5 Å². The van der Waals surface area contributed by atoms with Gasteiger partial charge < -0.3 is 15.4 Å². The molecule has 1 fully saturated rings. The second-order valence-electron chi connectivity index (χ2n) is 5.27. The first kappa shape index (κ1) is 14.8. The Morgan fingerprint density at radius 3 is 2.35 bits per heavy atom. The van der Waals surface area contributed by atoms with Crippen LogP contribution in [-0.2, 0) is 0 Å². The van der Waals surface area contributed by atoms with E-state index in [1.807, 2.05) is 6.92 Å². The minimum absolute atomic E-state index is 0.348. The number of rotatable bonds is 6. The lowest BCUT2D eigenvalue weighted by molar-refractivity contribution is 0.329. The van der Waals surface area contributed by atoms with Gasteiger partial charge in [-0.15, -0.1) is 0 Å². The van der Waals surface area contributed by atoms with Crippen LogP contribution in [0.2, 0.25) is 0 Å². The van der Waals surface area contributed by atoms with Gasteiger partial charge in [-0.2, -0.15) is 15.0 Å². The maximum absolute atomic E-state index is 5.12. The molecule has 0 aromatic carbocycles. The lowest BCUT2D eigenvalue weighted by Crippen LogP contribution is -2.27. The predicted octanol–water partition coefficient (Wildman–Crippen LogP) is 2.69. The number of aromatic nitrogens is 3. The summed E-state index contributed by atoms with van der Waals surface area (Å²) in [5, 5.41) is 6.51. The molecule has 20 heavy (non-hydrogen) atoms. The van der Waals surface area contributed by atoms with Crippen molar-refractivity contribution in [1.82, 2.24) is 15.0 Å². The van der Waals surface area contributed by atoms with Gasteiger partial charge >= 0.3 is 6.01 Å². The largest absolute Gasteiger partial charge is 0.467 e. The Kier molecular flexibility index (Phi) is 5.38. The number of nitrogens with one attached hydrogen (secondary N) is 2. The fraction of sp³-hybridized carbons (Fsp3) is 0.786. The molecule has 1 aliphatic carbocycles. The van der Waals surface area contributed by atoms with E-state index in [-0.39, 0.29) is 0 Å². The molecule has 112 valence electrons. The van der Waals surface area contributed by atoms with Crippen LogP contribution in [0.5, 0.6) is 6.01 Å². The molecule has 1 aromatic heterocycles. The van der Waals surface area contributed by atoms with Gasteiger partial charge in [0, 0.05) is 12.6 Å². The van der Waals surface area contributed by atoms with Crippen LogP contribution in [0, 0.1) is 5.92 Å². The van der Waals surface area contributed by atoms with Gasteiger partial charge in [0.05, 0.1) is 7.11 Å². The molecule has 6 nitrogen and oxygen atoms in total. The molecule has 2 N–H and O–H groups in total. The van der Waals surface area contributed by atoms with Crippen LogP contribution in [0.3, 0.4) is 0 Å². The molecular formula is C14H25N5O. The van der Waals surface area contributed by atoms with Crippen molar-refractivity contribution in [1.29, 1.82) is 0 Å². The number of ether oxygens (including phenoxy) is 1. The zero-order valence-corrected chi connectivity index (χ0v) is 12.6. The van der Waals surface area contributed by atoms with Gasteiger partial charge in [0.2, 0.25) is 11.9 Å². The average Bonchev–Trinajstić information content (AvgIpc) is 2.48. The van der Waals surface area contributed by atoms with Crippen LogP contribution >= 0.6 is 0 Å². The normalized spacial score (nSPS) is 22.4. The van der Waals surface area contributed by atoms with E-state index in [4.69, 9.17) is 4.74 Å². The molecule has 0 amide bonds. The maximum atomic E-state index is 5.12. The molecule has 2 rings (SSSR count). The molecule has 0 aliphatic heterocycles. The monoisotopic (exact) mass is 279 g/mol. The fourth-order valence-electron chi connectivity index (χ4n) is 2.65. The van der Waals surface area contributed by atoms with Crippen molar-refractivity contribution >= 4 is 11.9 Å². The Morgan fingerprint density at radius 1 is 1.05 bits per heavy atom. The first-order chi connectivity index (χ1) is 9.75. The van der Waals surface area contributed by atoms with E-state index in [1.165, 1.54) is 32.1 Å². The molecule has 0 saturated heterocycles. The fourth-order valence-corrected chi connectivity index (χ4v) is 2.65. The highest BCUT2D eigenvalue weighted by Gasteiger charge is 2.20. The molecule has 1 aromatic rings. The lowest BCUT2D eigenvalue weighted by atomic mass is 9.85. The van der Waals surface area contributed by atoms with E-state index in [2.05, 4.69) is 32.5 Å². The van der Waals surface area contributed by atoms with Crippen LogP contribution in [-0.4, -0.2) is 34.6 Å². The number of nitrogens with zero attached hydrogens (tertiary/aromatic N) is 3. The Labute approximate surface area is 120 Å². The zero-order valence-electron chi connectivity index (χ0n) is 12.6. The Morgan fingerprint density at radius 2 is 1.75 bits per heavy atom. The quantitative estimate of drug-likeness (QED) is 0.834. The van der Waals surface area contributed by atoms with E-state index in [1.54, 1.807) is 7.11 Å².